The third-order valence-electron chi connectivity index (χ3n) is 5.81. The van der Waals surface area contributed by atoms with E-state index < -0.39 is 17.2 Å². The summed E-state index contributed by atoms with van der Waals surface area (Å²) in [6, 6.07) is 0.456. The normalized spacial score (nSPS) is 23.4. The first kappa shape index (κ1) is 19.9. The van der Waals surface area contributed by atoms with Crippen LogP contribution in [-0.2, 0) is 0 Å². The molecule has 1 aliphatic heterocycles. The summed E-state index contributed by atoms with van der Waals surface area (Å²) >= 11 is 0. The van der Waals surface area contributed by atoms with Gasteiger partial charge in [0.05, 0.1) is 0 Å². The third-order valence-corrected chi connectivity index (χ3v) is 5.81. The van der Waals surface area contributed by atoms with Gasteiger partial charge in [-0.2, -0.15) is 0 Å². The number of halogens is 2. The quantitative estimate of drug-likeness (QED) is 0.849. The SMILES string of the molecule is Cc1nc(C(=O)NCC2(C)CC(F)(F)C2)nc(N2CC[C@@H](N(C)C)C2)c1C. The zero-order valence-corrected chi connectivity index (χ0v) is 16.8. The summed E-state index contributed by atoms with van der Waals surface area (Å²) in [7, 11) is 4.13. The number of alkyl halides is 2. The summed E-state index contributed by atoms with van der Waals surface area (Å²) in [5.74, 6) is -2.11. The van der Waals surface area contributed by atoms with E-state index in [9.17, 15) is 13.6 Å². The maximum atomic E-state index is 13.1. The van der Waals surface area contributed by atoms with Crippen molar-refractivity contribution < 1.29 is 13.6 Å². The van der Waals surface area contributed by atoms with Crippen molar-refractivity contribution in [3.8, 4) is 0 Å². The monoisotopic (exact) mass is 381 g/mol. The smallest absolute Gasteiger partial charge is 0.289 e. The third kappa shape index (κ3) is 4.20. The van der Waals surface area contributed by atoms with Crippen LogP contribution in [0.2, 0.25) is 0 Å². The summed E-state index contributed by atoms with van der Waals surface area (Å²) in [5, 5.41) is 2.75. The van der Waals surface area contributed by atoms with Gasteiger partial charge in [0.2, 0.25) is 11.7 Å². The molecule has 1 saturated heterocycles. The molecular weight excluding hydrogens is 352 g/mol. The van der Waals surface area contributed by atoms with Crippen LogP contribution >= 0.6 is 0 Å². The van der Waals surface area contributed by atoms with Crippen molar-refractivity contribution >= 4 is 11.7 Å². The average Bonchev–Trinajstić information content (AvgIpc) is 3.03. The molecule has 8 heteroatoms. The highest BCUT2D eigenvalue weighted by atomic mass is 19.3. The second-order valence-electron chi connectivity index (χ2n) is 8.64. The molecule has 0 aromatic carbocycles. The molecule has 2 fully saturated rings. The maximum Gasteiger partial charge on any atom is 0.289 e. The van der Waals surface area contributed by atoms with Crippen LogP contribution < -0.4 is 10.2 Å². The topological polar surface area (TPSA) is 61.4 Å². The fraction of sp³-hybridized carbons (Fsp3) is 0.737. The Labute approximate surface area is 159 Å². The van der Waals surface area contributed by atoms with E-state index in [-0.39, 0.29) is 25.2 Å². The molecule has 0 bridgehead atoms. The van der Waals surface area contributed by atoms with Gasteiger partial charge in [0.15, 0.2) is 0 Å². The van der Waals surface area contributed by atoms with E-state index in [4.69, 9.17) is 0 Å². The predicted molar refractivity (Wildman–Crippen MR) is 100 cm³/mol. The molecule has 150 valence electrons. The van der Waals surface area contributed by atoms with Gasteiger partial charge in [-0.05, 0) is 39.8 Å². The minimum Gasteiger partial charge on any atom is -0.355 e. The van der Waals surface area contributed by atoms with Crippen LogP contribution in [0.15, 0.2) is 0 Å². The summed E-state index contributed by atoms with van der Waals surface area (Å²) < 4.78 is 26.3. The van der Waals surface area contributed by atoms with Gasteiger partial charge >= 0.3 is 0 Å². The standard InChI is InChI=1S/C19H29F2N5O/c1-12-13(2)23-15(17(27)22-11-18(3)9-19(20,21)10-18)24-16(12)26-7-6-14(8-26)25(4)5/h14H,6-11H2,1-5H3,(H,22,27)/t14-/m1/s1. The average molecular weight is 381 g/mol. The van der Waals surface area contributed by atoms with E-state index in [1.807, 2.05) is 13.8 Å². The van der Waals surface area contributed by atoms with E-state index in [0.717, 1.165) is 36.6 Å². The number of nitrogens with one attached hydrogen (secondary N) is 1. The first-order valence-corrected chi connectivity index (χ1v) is 9.42. The number of likely N-dealkylation sites (N-methyl/N-ethyl adjacent to an activating group) is 1. The largest absolute Gasteiger partial charge is 0.355 e. The zero-order valence-electron chi connectivity index (χ0n) is 16.8. The zero-order chi connectivity index (χ0) is 20.0. The van der Waals surface area contributed by atoms with Gasteiger partial charge in [-0.3, -0.25) is 4.79 Å². The van der Waals surface area contributed by atoms with Crippen molar-refractivity contribution in [1.82, 2.24) is 20.2 Å². The molecule has 6 nitrogen and oxygen atoms in total. The van der Waals surface area contributed by atoms with Crippen LogP contribution in [0.5, 0.6) is 0 Å². The van der Waals surface area contributed by atoms with Crippen LogP contribution in [0, 0.1) is 19.3 Å². The van der Waals surface area contributed by atoms with Crippen molar-refractivity contribution in [2.45, 2.75) is 52.0 Å². The molecule has 2 aliphatic rings. The maximum absolute atomic E-state index is 13.1. The highest BCUT2D eigenvalue weighted by Gasteiger charge is 2.53. The molecule has 1 aromatic rings. The Balaban J connectivity index is 1.71. The Morgan fingerprint density at radius 1 is 1.30 bits per heavy atom. The van der Waals surface area contributed by atoms with E-state index in [2.05, 4.69) is 39.2 Å². The van der Waals surface area contributed by atoms with E-state index in [0.29, 0.717) is 6.04 Å². The van der Waals surface area contributed by atoms with Crippen molar-refractivity contribution in [3.05, 3.63) is 17.1 Å². The molecule has 1 saturated carbocycles. The van der Waals surface area contributed by atoms with E-state index in [1.165, 1.54) is 0 Å². The van der Waals surface area contributed by atoms with Crippen LogP contribution in [0.25, 0.3) is 0 Å². The Hall–Kier alpha value is -1.83. The van der Waals surface area contributed by atoms with Crippen molar-refractivity contribution in [1.29, 1.82) is 0 Å². The second-order valence-corrected chi connectivity index (χ2v) is 8.64. The fourth-order valence-corrected chi connectivity index (χ4v) is 4.07. The van der Waals surface area contributed by atoms with Gasteiger partial charge in [0.1, 0.15) is 5.82 Å². The number of carbonyl (C=O) groups is 1. The van der Waals surface area contributed by atoms with Crippen LogP contribution in [0.1, 0.15) is 48.1 Å². The Morgan fingerprint density at radius 2 is 1.96 bits per heavy atom. The molecule has 1 amide bonds. The Kier molecular flexibility index (Phi) is 5.14. The number of aryl methyl sites for hydroxylation is 1. The van der Waals surface area contributed by atoms with Gasteiger partial charge in [-0.25, -0.2) is 18.7 Å². The number of rotatable bonds is 5. The molecule has 1 aromatic heterocycles. The molecule has 1 aliphatic carbocycles. The number of anilines is 1. The molecular formula is C19H29F2N5O. The lowest BCUT2D eigenvalue weighted by molar-refractivity contribution is -0.151. The van der Waals surface area contributed by atoms with Crippen LogP contribution in [0.3, 0.4) is 0 Å². The molecule has 1 atom stereocenters. The summed E-state index contributed by atoms with van der Waals surface area (Å²) in [6.45, 7) is 7.55. The highest BCUT2D eigenvalue weighted by Crippen LogP contribution is 2.51. The predicted octanol–water partition coefficient (Wildman–Crippen LogP) is 2.40. The Morgan fingerprint density at radius 3 is 2.52 bits per heavy atom. The molecule has 1 N–H and O–H groups in total. The van der Waals surface area contributed by atoms with Crippen molar-refractivity contribution in [2.24, 2.45) is 5.41 Å². The summed E-state index contributed by atoms with van der Waals surface area (Å²) in [5.41, 5.74) is 1.17. The molecule has 0 radical (unpaired) electrons. The number of carbonyl (C=O) groups excluding carboxylic acids is 1. The van der Waals surface area contributed by atoms with Crippen molar-refractivity contribution in [2.75, 3.05) is 38.6 Å². The fourth-order valence-electron chi connectivity index (χ4n) is 4.07. The molecule has 27 heavy (non-hydrogen) atoms. The van der Waals surface area contributed by atoms with Crippen LogP contribution in [-0.4, -0.2) is 66.5 Å². The first-order chi connectivity index (χ1) is 12.5. The lowest BCUT2D eigenvalue weighted by Crippen LogP contribution is -2.50. The number of aromatic nitrogens is 2. The first-order valence-electron chi connectivity index (χ1n) is 9.42. The minimum atomic E-state index is -2.61. The lowest BCUT2D eigenvalue weighted by Gasteiger charge is -2.44. The molecule has 2 heterocycles. The van der Waals surface area contributed by atoms with Gasteiger partial charge in [0.25, 0.3) is 5.91 Å². The van der Waals surface area contributed by atoms with Crippen LogP contribution in [0.4, 0.5) is 14.6 Å². The Bertz CT molecular complexity index is 729. The number of hydrogen-bond donors (Lipinski definition) is 1. The highest BCUT2D eigenvalue weighted by molar-refractivity contribution is 5.91. The number of hydrogen-bond acceptors (Lipinski definition) is 5. The minimum absolute atomic E-state index is 0.107. The molecule has 0 unspecified atom stereocenters. The van der Waals surface area contributed by atoms with Gasteiger partial charge in [-0.15, -0.1) is 0 Å². The van der Waals surface area contributed by atoms with Crippen molar-refractivity contribution in [3.63, 3.8) is 0 Å². The number of amides is 1. The summed E-state index contributed by atoms with van der Waals surface area (Å²) in [6.07, 6.45) is 0.654. The van der Waals surface area contributed by atoms with E-state index in [1.54, 1.807) is 6.92 Å². The lowest BCUT2D eigenvalue weighted by atomic mass is 9.67. The van der Waals surface area contributed by atoms with E-state index >= 15 is 0 Å². The summed E-state index contributed by atoms with van der Waals surface area (Å²) in [4.78, 5) is 25.8. The molecule has 0 spiro atoms. The van der Waals surface area contributed by atoms with Gasteiger partial charge < -0.3 is 15.1 Å². The molecule has 3 rings (SSSR count). The number of nitrogens with zero attached hydrogens (tertiary/aromatic N) is 4. The van der Waals surface area contributed by atoms with Gasteiger partial charge in [0, 0.05) is 49.8 Å². The van der Waals surface area contributed by atoms with Gasteiger partial charge in [-0.1, -0.05) is 6.92 Å². The second kappa shape index (κ2) is 6.96.